The molecule has 0 saturated heterocycles. The van der Waals surface area contributed by atoms with Crippen LogP contribution >= 0.6 is 0 Å². The van der Waals surface area contributed by atoms with Gasteiger partial charge in [-0.3, -0.25) is 0 Å². The molecule has 0 unspecified atom stereocenters. The standard InChI is InChI=1S/C4H4N2/c1-2-6-4-3-5-1/h1-2,5-6H. The lowest BCUT2D eigenvalue weighted by Gasteiger charge is -2.01. The van der Waals surface area contributed by atoms with Crippen molar-refractivity contribution < 1.29 is 0 Å². The Labute approximate surface area is 37.2 Å². The average Bonchev–Trinajstić information content (AvgIpc) is 1.72. The van der Waals surface area contributed by atoms with E-state index in [-0.39, 0.29) is 0 Å². The lowest BCUT2D eigenvalue weighted by Crippen LogP contribution is -2.15. The smallest absolute Gasteiger partial charge is 0.121 e. The largest absolute Gasteiger partial charge is 0.377 e. The van der Waals surface area contributed by atoms with E-state index < -0.39 is 0 Å². The van der Waals surface area contributed by atoms with Gasteiger partial charge in [-0.1, -0.05) is 0 Å². The van der Waals surface area contributed by atoms with Crippen molar-refractivity contribution in [3.8, 4) is 0 Å². The molecule has 1 aliphatic rings. The minimum atomic E-state index is 1.73. The quantitative estimate of drug-likeness (QED) is 0.418. The van der Waals surface area contributed by atoms with Gasteiger partial charge in [-0.05, 0) is 0 Å². The first-order chi connectivity index (χ1) is 3.00. The number of hydrogen-bond donors (Lipinski definition) is 2. The van der Waals surface area contributed by atoms with Crippen LogP contribution in [0.4, 0.5) is 0 Å². The van der Waals surface area contributed by atoms with Crippen molar-refractivity contribution in [2.75, 3.05) is 0 Å². The molecule has 6 heavy (non-hydrogen) atoms. The molecule has 2 heteroatoms. The van der Waals surface area contributed by atoms with E-state index in [1.54, 1.807) is 12.4 Å². The summed E-state index contributed by atoms with van der Waals surface area (Å²) in [6, 6.07) is 0. The molecule has 1 aliphatic heterocycles. The predicted octanol–water partition coefficient (Wildman–Crippen LogP) is -0.272. The van der Waals surface area contributed by atoms with E-state index in [1.807, 2.05) is 0 Å². The maximum Gasteiger partial charge on any atom is 0.121 e. The van der Waals surface area contributed by atoms with E-state index in [9.17, 15) is 0 Å². The molecule has 0 spiro atoms. The van der Waals surface area contributed by atoms with Crippen molar-refractivity contribution in [1.29, 1.82) is 0 Å². The minimum absolute atomic E-state index is 1.73. The summed E-state index contributed by atoms with van der Waals surface area (Å²) < 4.78 is 0. The maximum atomic E-state index is 2.68. The zero-order valence-electron chi connectivity index (χ0n) is 3.15. The highest BCUT2D eigenvalue weighted by molar-refractivity contribution is 4.95. The predicted molar refractivity (Wildman–Crippen MR) is 21.9 cm³/mol. The van der Waals surface area contributed by atoms with Gasteiger partial charge in [-0.2, -0.15) is 0 Å². The lowest BCUT2D eigenvalue weighted by atomic mass is 10.5. The van der Waals surface area contributed by atoms with Crippen molar-refractivity contribution in [2.24, 2.45) is 0 Å². The van der Waals surface area contributed by atoms with E-state index in [1.165, 1.54) is 0 Å². The SMILES string of the molecule is [C]1[C]NC=CN1. The zero-order chi connectivity index (χ0) is 4.24. The summed E-state index contributed by atoms with van der Waals surface area (Å²) in [5, 5.41) is 5.36. The fourth-order valence-electron chi connectivity index (χ4n) is 0.239. The topological polar surface area (TPSA) is 24.1 Å². The van der Waals surface area contributed by atoms with Gasteiger partial charge in [0, 0.05) is 12.4 Å². The highest BCUT2D eigenvalue weighted by atomic mass is 15.0. The summed E-state index contributed by atoms with van der Waals surface area (Å²) in [5.74, 6) is 0. The molecule has 0 saturated carbocycles. The Hall–Kier alpha value is -0.660. The van der Waals surface area contributed by atoms with E-state index in [0.29, 0.717) is 0 Å². The molecule has 1 heterocycles. The first-order valence-corrected chi connectivity index (χ1v) is 1.66. The van der Waals surface area contributed by atoms with E-state index in [4.69, 9.17) is 0 Å². The second-order valence-corrected chi connectivity index (χ2v) is 0.872. The van der Waals surface area contributed by atoms with Gasteiger partial charge < -0.3 is 10.6 Å². The van der Waals surface area contributed by atoms with E-state index >= 15 is 0 Å². The Morgan fingerprint density at radius 1 is 1.00 bits per heavy atom. The van der Waals surface area contributed by atoms with Crippen LogP contribution in [-0.4, -0.2) is 0 Å². The molecular formula is C4H4N2. The second-order valence-electron chi connectivity index (χ2n) is 0.872. The van der Waals surface area contributed by atoms with Crippen molar-refractivity contribution in [2.45, 2.75) is 0 Å². The van der Waals surface area contributed by atoms with Gasteiger partial charge in [0.25, 0.3) is 0 Å². The normalized spacial score (nSPS) is 18.7. The molecule has 0 aromatic heterocycles. The summed E-state index contributed by atoms with van der Waals surface area (Å²) >= 11 is 0. The third-order valence-electron chi connectivity index (χ3n) is 0.457. The highest BCUT2D eigenvalue weighted by Gasteiger charge is 1.86. The Morgan fingerprint density at radius 3 is 1.67 bits per heavy atom. The van der Waals surface area contributed by atoms with Crippen LogP contribution in [0.1, 0.15) is 0 Å². The van der Waals surface area contributed by atoms with E-state index in [0.717, 1.165) is 0 Å². The average molecular weight is 80.1 g/mol. The van der Waals surface area contributed by atoms with Crippen molar-refractivity contribution in [3.63, 3.8) is 0 Å². The molecule has 0 aromatic carbocycles. The fourth-order valence-corrected chi connectivity index (χ4v) is 0.239. The molecule has 0 atom stereocenters. The minimum Gasteiger partial charge on any atom is -0.377 e. The van der Waals surface area contributed by atoms with Crippen molar-refractivity contribution in [1.82, 2.24) is 10.6 Å². The Balaban J connectivity index is 2.26. The van der Waals surface area contributed by atoms with Crippen LogP contribution < -0.4 is 10.6 Å². The Kier molecular flexibility index (Phi) is 0.998. The summed E-state index contributed by atoms with van der Waals surface area (Å²) in [7, 11) is 0. The van der Waals surface area contributed by atoms with E-state index in [2.05, 4.69) is 23.7 Å². The number of rotatable bonds is 0. The van der Waals surface area contributed by atoms with Crippen LogP contribution in [0.2, 0.25) is 0 Å². The summed E-state index contributed by atoms with van der Waals surface area (Å²) in [5.41, 5.74) is 0. The number of hydrogen-bond acceptors (Lipinski definition) is 2. The van der Waals surface area contributed by atoms with Gasteiger partial charge in [0.15, 0.2) is 0 Å². The third-order valence-corrected chi connectivity index (χ3v) is 0.457. The molecule has 4 radical (unpaired) electrons. The molecular weight excluding hydrogens is 76.1 g/mol. The lowest BCUT2D eigenvalue weighted by molar-refractivity contribution is 0.903. The van der Waals surface area contributed by atoms with Crippen LogP contribution in [0, 0.1) is 13.1 Å². The first-order valence-electron chi connectivity index (χ1n) is 1.66. The Bertz CT molecular complexity index is 50.6. The highest BCUT2D eigenvalue weighted by Crippen LogP contribution is 1.79. The van der Waals surface area contributed by atoms with Gasteiger partial charge in [0.1, 0.15) is 13.1 Å². The second kappa shape index (κ2) is 1.70. The molecule has 30 valence electrons. The van der Waals surface area contributed by atoms with Crippen LogP contribution in [0.25, 0.3) is 0 Å². The van der Waals surface area contributed by atoms with Crippen LogP contribution in [0.5, 0.6) is 0 Å². The summed E-state index contributed by atoms with van der Waals surface area (Å²) in [6.07, 6.45) is 3.47. The molecule has 0 amide bonds. The molecule has 0 aromatic rings. The number of nitrogens with one attached hydrogen (secondary N) is 2. The molecule has 0 fully saturated rings. The molecule has 0 bridgehead atoms. The van der Waals surface area contributed by atoms with Gasteiger partial charge in [-0.15, -0.1) is 0 Å². The summed E-state index contributed by atoms with van der Waals surface area (Å²) in [4.78, 5) is 0. The molecule has 0 aliphatic carbocycles. The van der Waals surface area contributed by atoms with Gasteiger partial charge >= 0.3 is 0 Å². The van der Waals surface area contributed by atoms with Crippen LogP contribution in [-0.2, 0) is 0 Å². The molecule has 1 rings (SSSR count). The Morgan fingerprint density at radius 2 is 1.50 bits per heavy atom. The van der Waals surface area contributed by atoms with Crippen molar-refractivity contribution in [3.05, 3.63) is 25.5 Å². The van der Waals surface area contributed by atoms with Gasteiger partial charge in [0.05, 0.1) is 0 Å². The fraction of sp³-hybridized carbons (Fsp3) is 0. The zero-order valence-corrected chi connectivity index (χ0v) is 3.15. The molecule has 2 N–H and O–H groups in total. The first kappa shape index (κ1) is 3.53. The van der Waals surface area contributed by atoms with Gasteiger partial charge in [-0.25, -0.2) is 0 Å². The molecule has 2 nitrogen and oxygen atoms in total. The van der Waals surface area contributed by atoms with Crippen LogP contribution in [0.15, 0.2) is 12.4 Å². The monoisotopic (exact) mass is 80.0 g/mol. The van der Waals surface area contributed by atoms with Gasteiger partial charge in [0.2, 0.25) is 0 Å². The summed E-state index contributed by atoms with van der Waals surface area (Å²) in [6.45, 7) is 5.17. The van der Waals surface area contributed by atoms with Crippen molar-refractivity contribution >= 4 is 0 Å². The third kappa shape index (κ3) is 0.641. The van der Waals surface area contributed by atoms with Crippen LogP contribution in [0.3, 0.4) is 0 Å². The maximum absolute atomic E-state index is 2.68.